The molecular formula is C24H22N2O5S. The molecule has 1 N–H and O–H groups in total. The van der Waals surface area contributed by atoms with Crippen molar-refractivity contribution in [3.8, 4) is 5.75 Å². The van der Waals surface area contributed by atoms with Gasteiger partial charge in [-0.05, 0) is 55.0 Å². The van der Waals surface area contributed by atoms with Gasteiger partial charge in [0.2, 0.25) is 9.84 Å². The molecule has 1 aliphatic rings. The zero-order valence-corrected chi connectivity index (χ0v) is 18.5. The van der Waals surface area contributed by atoms with Crippen molar-refractivity contribution in [2.24, 2.45) is 0 Å². The van der Waals surface area contributed by atoms with Gasteiger partial charge in [0, 0.05) is 18.7 Å². The van der Waals surface area contributed by atoms with Crippen molar-refractivity contribution in [2.45, 2.75) is 23.3 Å². The highest BCUT2D eigenvalue weighted by Crippen LogP contribution is 2.37. The highest BCUT2D eigenvalue weighted by Gasteiger charge is 2.35. The van der Waals surface area contributed by atoms with Gasteiger partial charge in [0.05, 0.1) is 28.2 Å². The van der Waals surface area contributed by atoms with Crippen molar-refractivity contribution in [3.05, 3.63) is 83.4 Å². The lowest BCUT2D eigenvalue weighted by atomic mass is 10.1. The number of carbonyl (C=O) groups excluding carboxylic acids is 2. The third-order valence-electron chi connectivity index (χ3n) is 5.38. The van der Waals surface area contributed by atoms with Crippen LogP contribution in [0.3, 0.4) is 0 Å². The largest absolute Gasteiger partial charge is 0.497 e. The minimum atomic E-state index is -3.92. The number of amides is 2. The lowest BCUT2D eigenvalue weighted by Gasteiger charge is -2.21. The van der Waals surface area contributed by atoms with Gasteiger partial charge in [0.1, 0.15) is 5.75 Å². The summed E-state index contributed by atoms with van der Waals surface area (Å²) in [6.07, 6.45) is 0. The summed E-state index contributed by atoms with van der Waals surface area (Å²) < 4.78 is 31.7. The molecule has 0 aliphatic carbocycles. The molecule has 164 valence electrons. The van der Waals surface area contributed by atoms with E-state index >= 15 is 0 Å². The quantitative estimate of drug-likeness (QED) is 0.643. The molecule has 32 heavy (non-hydrogen) atoms. The van der Waals surface area contributed by atoms with Gasteiger partial charge in [-0.15, -0.1) is 0 Å². The van der Waals surface area contributed by atoms with Crippen molar-refractivity contribution >= 4 is 27.3 Å². The number of nitrogens with one attached hydrogen (secondary N) is 1. The minimum Gasteiger partial charge on any atom is -0.497 e. The van der Waals surface area contributed by atoms with Crippen molar-refractivity contribution in [3.63, 3.8) is 0 Å². The Bertz CT molecular complexity index is 1300. The maximum Gasteiger partial charge on any atom is 0.259 e. The van der Waals surface area contributed by atoms with E-state index in [2.05, 4.69) is 5.32 Å². The summed E-state index contributed by atoms with van der Waals surface area (Å²) in [5, 5.41) is 2.82. The molecule has 7 nitrogen and oxygen atoms in total. The van der Waals surface area contributed by atoms with Crippen molar-refractivity contribution in [1.82, 2.24) is 5.32 Å². The highest BCUT2D eigenvalue weighted by molar-refractivity contribution is 7.91. The molecule has 0 saturated heterocycles. The number of carbonyl (C=O) groups is 2. The number of hydrogen-bond acceptors (Lipinski definition) is 5. The normalized spacial score (nSPS) is 14.2. The first-order valence-electron chi connectivity index (χ1n) is 10.1. The van der Waals surface area contributed by atoms with Crippen molar-refractivity contribution in [1.29, 1.82) is 0 Å². The van der Waals surface area contributed by atoms with Gasteiger partial charge in [0.25, 0.3) is 11.8 Å². The van der Waals surface area contributed by atoms with Gasteiger partial charge in [-0.25, -0.2) is 8.42 Å². The fraction of sp³-hybridized carbons (Fsp3) is 0.167. The predicted molar refractivity (Wildman–Crippen MR) is 120 cm³/mol. The molecule has 0 aromatic heterocycles. The standard InChI is InChI=1S/C24H22N2O5S/c1-3-26-20-14-17(23(27)25-15-16-8-11-18(31-2)12-9-16)10-13-22(20)32(29,30)21-7-5-4-6-19(21)24(26)28/h4-14H,3,15H2,1-2H3,(H,25,27). The Morgan fingerprint density at radius 1 is 1.00 bits per heavy atom. The van der Waals surface area contributed by atoms with E-state index in [1.165, 1.54) is 35.2 Å². The summed E-state index contributed by atoms with van der Waals surface area (Å²) in [7, 11) is -2.34. The summed E-state index contributed by atoms with van der Waals surface area (Å²) in [5.74, 6) is -0.0650. The monoisotopic (exact) mass is 450 g/mol. The Balaban J connectivity index is 1.68. The molecule has 0 atom stereocenters. The van der Waals surface area contributed by atoms with E-state index in [1.807, 2.05) is 12.1 Å². The Hall–Kier alpha value is -3.65. The number of methoxy groups -OCH3 is 1. The number of ether oxygens (including phenoxy) is 1. The zero-order valence-electron chi connectivity index (χ0n) is 17.7. The van der Waals surface area contributed by atoms with E-state index in [0.29, 0.717) is 6.54 Å². The van der Waals surface area contributed by atoms with Crippen LogP contribution in [0.4, 0.5) is 5.69 Å². The highest BCUT2D eigenvalue weighted by atomic mass is 32.2. The molecule has 1 heterocycles. The van der Waals surface area contributed by atoms with Crippen molar-refractivity contribution < 1.29 is 22.7 Å². The fourth-order valence-electron chi connectivity index (χ4n) is 3.69. The SMILES string of the molecule is CCN1C(=O)c2ccccc2S(=O)(=O)c2ccc(C(=O)NCc3ccc(OC)cc3)cc21. The molecule has 3 aromatic rings. The summed E-state index contributed by atoms with van der Waals surface area (Å²) in [5.41, 5.74) is 1.48. The summed E-state index contributed by atoms with van der Waals surface area (Å²) in [6.45, 7) is 2.31. The van der Waals surface area contributed by atoms with Gasteiger partial charge < -0.3 is 15.0 Å². The number of nitrogens with zero attached hydrogens (tertiary/aromatic N) is 1. The first-order valence-corrected chi connectivity index (χ1v) is 11.6. The van der Waals surface area contributed by atoms with Crippen LogP contribution in [0.1, 0.15) is 33.2 Å². The summed E-state index contributed by atoms with van der Waals surface area (Å²) >= 11 is 0. The predicted octanol–water partition coefficient (Wildman–Crippen LogP) is 3.44. The third kappa shape index (κ3) is 3.73. The molecule has 0 radical (unpaired) electrons. The number of rotatable bonds is 5. The van der Waals surface area contributed by atoms with Gasteiger partial charge in [-0.1, -0.05) is 24.3 Å². The molecule has 0 spiro atoms. The number of sulfone groups is 1. The first-order chi connectivity index (χ1) is 15.4. The van der Waals surface area contributed by atoms with Crippen LogP contribution in [0.15, 0.2) is 76.5 Å². The molecule has 4 rings (SSSR count). The van der Waals surface area contributed by atoms with E-state index in [-0.39, 0.29) is 39.1 Å². The second kappa shape index (κ2) is 8.47. The van der Waals surface area contributed by atoms with Crippen LogP contribution in [0, 0.1) is 0 Å². The molecule has 1 aliphatic heterocycles. The van der Waals surface area contributed by atoms with E-state index in [1.54, 1.807) is 38.3 Å². The maximum absolute atomic E-state index is 13.3. The molecule has 0 unspecified atom stereocenters. The van der Waals surface area contributed by atoms with Crippen LogP contribution in [0.2, 0.25) is 0 Å². The number of benzene rings is 3. The Labute approximate surface area is 186 Å². The van der Waals surface area contributed by atoms with E-state index < -0.39 is 15.7 Å². The lowest BCUT2D eigenvalue weighted by Crippen LogP contribution is -2.31. The zero-order chi connectivity index (χ0) is 22.9. The van der Waals surface area contributed by atoms with Crippen LogP contribution >= 0.6 is 0 Å². The Morgan fingerprint density at radius 2 is 1.72 bits per heavy atom. The van der Waals surface area contributed by atoms with Gasteiger partial charge in [0.15, 0.2) is 0 Å². The van der Waals surface area contributed by atoms with Crippen LogP contribution in [0.25, 0.3) is 0 Å². The van der Waals surface area contributed by atoms with Gasteiger partial charge in [-0.2, -0.15) is 0 Å². The fourth-order valence-corrected chi connectivity index (χ4v) is 5.32. The van der Waals surface area contributed by atoms with E-state index in [4.69, 9.17) is 4.74 Å². The molecule has 0 bridgehead atoms. The third-order valence-corrected chi connectivity index (χ3v) is 7.24. The molecule has 0 saturated carbocycles. The first kappa shape index (κ1) is 21.6. The smallest absolute Gasteiger partial charge is 0.259 e. The maximum atomic E-state index is 13.3. The molecular weight excluding hydrogens is 428 g/mol. The second-order valence-corrected chi connectivity index (χ2v) is 9.15. The number of fused-ring (bicyclic) bond motifs is 2. The second-order valence-electron chi connectivity index (χ2n) is 7.26. The van der Waals surface area contributed by atoms with Crippen LogP contribution < -0.4 is 15.0 Å². The van der Waals surface area contributed by atoms with E-state index in [9.17, 15) is 18.0 Å². The molecule has 8 heteroatoms. The minimum absolute atomic E-state index is 0.00403. The Morgan fingerprint density at radius 3 is 2.41 bits per heavy atom. The topological polar surface area (TPSA) is 92.8 Å². The molecule has 3 aromatic carbocycles. The molecule has 2 amide bonds. The lowest BCUT2D eigenvalue weighted by molar-refractivity contribution is 0.0947. The average Bonchev–Trinajstić information content (AvgIpc) is 2.89. The average molecular weight is 451 g/mol. The Kier molecular flexibility index (Phi) is 5.71. The number of hydrogen-bond donors (Lipinski definition) is 1. The van der Waals surface area contributed by atoms with E-state index in [0.717, 1.165) is 11.3 Å². The van der Waals surface area contributed by atoms with Gasteiger partial charge in [-0.3, -0.25) is 9.59 Å². The van der Waals surface area contributed by atoms with Crippen LogP contribution in [0.5, 0.6) is 5.75 Å². The van der Waals surface area contributed by atoms with Crippen LogP contribution in [-0.2, 0) is 16.4 Å². The number of anilines is 1. The summed E-state index contributed by atoms with van der Waals surface area (Å²) in [4.78, 5) is 27.3. The van der Waals surface area contributed by atoms with Crippen LogP contribution in [-0.4, -0.2) is 33.9 Å². The molecule has 0 fully saturated rings. The summed E-state index contributed by atoms with van der Waals surface area (Å²) in [6, 6.07) is 17.8. The van der Waals surface area contributed by atoms with Crippen molar-refractivity contribution in [2.75, 3.05) is 18.6 Å². The van der Waals surface area contributed by atoms with Gasteiger partial charge >= 0.3 is 0 Å².